The number of aryl methyl sites for hydroxylation is 1. The molecule has 2 N–H and O–H groups in total. The van der Waals surface area contributed by atoms with Gasteiger partial charge < -0.3 is 20.3 Å². The Morgan fingerprint density at radius 1 is 1.34 bits per heavy atom. The fourth-order valence-electron chi connectivity index (χ4n) is 4.16. The zero-order valence-electron chi connectivity index (χ0n) is 18.0. The SMILES string of the molecule is C=c1cc(C)c(C(=O)NCCN2CCOCC2)c/c1=C/N(C)CC1CCNCC1. The molecule has 6 heteroatoms. The van der Waals surface area contributed by atoms with Crippen molar-refractivity contribution in [3.05, 3.63) is 33.7 Å². The minimum atomic E-state index is -0.00795. The van der Waals surface area contributed by atoms with Gasteiger partial charge in [-0.25, -0.2) is 0 Å². The van der Waals surface area contributed by atoms with Gasteiger partial charge in [-0.3, -0.25) is 9.69 Å². The summed E-state index contributed by atoms with van der Waals surface area (Å²) in [5, 5.41) is 8.48. The lowest BCUT2D eigenvalue weighted by atomic mass is 9.98. The highest BCUT2D eigenvalue weighted by molar-refractivity contribution is 5.95. The Morgan fingerprint density at radius 2 is 2.07 bits per heavy atom. The van der Waals surface area contributed by atoms with Gasteiger partial charge in [0.05, 0.1) is 13.2 Å². The molecule has 2 heterocycles. The van der Waals surface area contributed by atoms with Crippen LogP contribution in [0.3, 0.4) is 0 Å². The fourth-order valence-corrected chi connectivity index (χ4v) is 4.16. The number of hydrogen-bond donors (Lipinski definition) is 2. The Kier molecular flexibility index (Phi) is 8.09. The molecule has 2 fully saturated rings. The van der Waals surface area contributed by atoms with Gasteiger partial charge in [0.15, 0.2) is 0 Å². The van der Waals surface area contributed by atoms with E-state index in [-0.39, 0.29) is 5.91 Å². The number of benzene rings is 1. The van der Waals surface area contributed by atoms with Crippen molar-refractivity contribution in [1.29, 1.82) is 0 Å². The van der Waals surface area contributed by atoms with Crippen LogP contribution in [0.25, 0.3) is 12.8 Å². The van der Waals surface area contributed by atoms with Crippen molar-refractivity contribution in [2.45, 2.75) is 19.8 Å². The zero-order valence-corrected chi connectivity index (χ0v) is 18.0. The minimum absolute atomic E-state index is 0.00795. The van der Waals surface area contributed by atoms with Crippen LogP contribution in [0.5, 0.6) is 0 Å². The van der Waals surface area contributed by atoms with Crippen molar-refractivity contribution < 1.29 is 9.53 Å². The molecule has 0 unspecified atom stereocenters. The fraction of sp³-hybridized carbons (Fsp3) is 0.609. The standard InChI is InChI=1S/C23H36N4O2/c1-18-14-19(2)22(23(28)25-8-9-27-10-12-29-13-11-27)15-21(18)17-26(3)16-20-4-6-24-7-5-20/h14-15,17,20,24H,1,4-13,16H2,2-3H3,(H,25,28)/b21-17-. The summed E-state index contributed by atoms with van der Waals surface area (Å²) in [4.78, 5) is 17.3. The van der Waals surface area contributed by atoms with Crippen LogP contribution in [0.2, 0.25) is 0 Å². The van der Waals surface area contributed by atoms with Crippen molar-refractivity contribution in [2.75, 3.05) is 66.1 Å². The van der Waals surface area contributed by atoms with Gasteiger partial charge in [0.2, 0.25) is 0 Å². The van der Waals surface area contributed by atoms with E-state index >= 15 is 0 Å². The molecule has 0 aliphatic carbocycles. The smallest absolute Gasteiger partial charge is 0.251 e. The lowest BCUT2D eigenvalue weighted by molar-refractivity contribution is 0.0383. The molecule has 1 amide bonds. The third-order valence-electron chi connectivity index (χ3n) is 5.91. The Balaban J connectivity index is 1.62. The number of nitrogens with zero attached hydrogens (tertiary/aromatic N) is 2. The maximum atomic E-state index is 12.8. The van der Waals surface area contributed by atoms with Gasteiger partial charge >= 0.3 is 0 Å². The number of hydrogen-bond acceptors (Lipinski definition) is 5. The molecule has 0 atom stereocenters. The first-order valence-corrected chi connectivity index (χ1v) is 10.8. The predicted octanol–water partition coefficient (Wildman–Crippen LogP) is 0.137. The highest BCUT2D eigenvalue weighted by Crippen LogP contribution is 2.12. The number of carbonyl (C=O) groups excluding carboxylic acids is 1. The summed E-state index contributed by atoms with van der Waals surface area (Å²) in [6.45, 7) is 14.4. The number of piperidine rings is 1. The maximum absolute atomic E-state index is 12.8. The second kappa shape index (κ2) is 10.8. The average molecular weight is 401 g/mol. The molecule has 1 aromatic carbocycles. The van der Waals surface area contributed by atoms with Crippen LogP contribution in [0.4, 0.5) is 0 Å². The molecule has 160 valence electrons. The van der Waals surface area contributed by atoms with E-state index in [0.29, 0.717) is 6.54 Å². The molecule has 2 aliphatic rings. The molecular weight excluding hydrogens is 364 g/mol. The number of amides is 1. The van der Waals surface area contributed by atoms with Gasteiger partial charge in [-0.15, -0.1) is 0 Å². The van der Waals surface area contributed by atoms with E-state index in [1.165, 1.54) is 12.8 Å². The molecule has 3 rings (SSSR count). The predicted molar refractivity (Wildman–Crippen MR) is 118 cm³/mol. The van der Waals surface area contributed by atoms with Crippen LogP contribution in [-0.2, 0) is 4.74 Å². The number of nitrogens with one attached hydrogen (secondary N) is 2. The topological polar surface area (TPSA) is 56.8 Å². The second-order valence-electron chi connectivity index (χ2n) is 8.34. The highest BCUT2D eigenvalue weighted by Gasteiger charge is 2.15. The summed E-state index contributed by atoms with van der Waals surface area (Å²) in [6.07, 6.45) is 4.58. The number of rotatable bonds is 7. The molecule has 0 saturated carbocycles. The molecule has 2 aliphatic heterocycles. The van der Waals surface area contributed by atoms with Crippen molar-refractivity contribution in [3.8, 4) is 0 Å². The first-order valence-electron chi connectivity index (χ1n) is 10.8. The summed E-state index contributed by atoms with van der Waals surface area (Å²) in [5.41, 5.74) is 1.71. The van der Waals surface area contributed by atoms with Crippen LogP contribution in [0.15, 0.2) is 12.1 Å². The van der Waals surface area contributed by atoms with Crippen molar-refractivity contribution in [3.63, 3.8) is 0 Å². The largest absolute Gasteiger partial charge is 0.380 e. The third-order valence-corrected chi connectivity index (χ3v) is 5.91. The van der Waals surface area contributed by atoms with E-state index in [1.54, 1.807) is 0 Å². The molecule has 0 bridgehead atoms. The molecule has 29 heavy (non-hydrogen) atoms. The molecule has 0 spiro atoms. The summed E-state index contributed by atoms with van der Waals surface area (Å²) in [6, 6.07) is 4.00. The first kappa shape index (κ1) is 21.8. The zero-order chi connectivity index (χ0) is 20.6. The number of ether oxygens (including phenoxy) is 1. The average Bonchev–Trinajstić information content (AvgIpc) is 2.71. The van der Waals surface area contributed by atoms with E-state index < -0.39 is 0 Å². The molecule has 0 aromatic heterocycles. The van der Waals surface area contributed by atoms with E-state index in [9.17, 15) is 4.79 Å². The van der Waals surface area contributed by atoms with Crippen LogP contribution >= 0.6 is 0 Å². The van der Waals surface area contributed by atoms with E-state index in [4.69, 9.17) is 4.74 Å². The molecule has 6 nitrogen and oxygen atoms in total. The van der Waals surface area contributed by atoms with Crippen LogP contribution in [0, 0.1) is 12.8 Å². The van der Waals surface area contributed by atoms with Crippen molar-refractivity contribution >= 4 is 18.7 Å². The monoisotopic (exact) mass is 400 g/mol. The van der Waals surface area contributed by atoms with Gasteiger partial charge in [0.1, 0.15) is 0 Å². The van der Waals surface area contributed by atoms with Gasteiger partial charge in [-0.05, 0) is 60.8 Å². The Labute approximate surface area is 174 Å². The second-order valence-corrected chi connectivity index (χ2v) is 8.34. The summed E-state index contributed by atoms with van der Waals surface area (Å²) >= 11 is 0. The van der Waals surface area contributed by atoms with Crippen LogP contribution in [-0.4, -0.2) is 81.8 Å². The van der Waals surface area contributed by atoms with Crippen molar-refractivity contribution in [1.82, 2.24) is 20.4 Å². The van der Waals surface area contributed by atoms with Crippen LogP contribution in [0.1, 0.15) is 28.8 Å². The minimum Gasteiger partial charge on any atom is -0.380 e. The quantitative estimate of drug-likeness (QED) is 0.682. The van der Waals surface area contributed by atoms with Crippen LogP contribution < -0.4 is 21.1 Å². The van der Waals surface area contributed by atoms with Gasteiger partial charge in [-0.1, -0.05) is 12.6 Å². The number of morpholine rings is 1. The van der Waals surface area contributed by atoms with E-state index in [2.05, 4.69) is 40.3 Å². The van der Waals surface area contributed by atoms with Crippen molar-refractivity contribution in [2.24, 2.45) is 5.92 Å². The first-order chi connectivity index (χ1) is 14.0. The summed E-state index contributed by atoms with van der Waals surface area (Å²) < 4.78 is 5.37. The Bertz CT molecular complexity index is 783. The normalized spacial score (nSPS) is 19.3. The van der Waals surface area contributed by atoms with E-state index in [1.807, 2.05) is 19.1 Å². The molecule has 1 aromatic rings. The third kappa shape index (κ3) is 6.56. The summed E-state index contributed by atoms with van der Waals surface area (Å²) in [7, 11) is 2.11. The lowest BCUT2D eigenvalue weighted by Gasteiger charge is -2.27. The van der Waals surface area contributed by atoms with E-state index in [0.717, 1.165) is 80.0 Å². The molecule has 2 saturated heterocycles. The highest BCUT2D eigenvalue weighted by atomic mass is 16.5. The maximum Gasteiger partial charge on any atom is 0.251 e. The molecule has 0 radical (unpaired) electrons. The Morgan fingerprint density at radius 3 is 2.79 bits per heavy atom. The van der Waals surface area contributed by atoms with Gasteiger partial charge in [-0.2, -0.15) is 0 Å². The summed E-state index contributed by atoms with van der Waals surface area (Å²) in [5.74, 6) is 0.714. The van der Waals surface area contributed by atoms with Gasteiger partial charge in [0.25, 0.3) is 5.91 Å². The number of carbonyl (C=O) groups is 1. The van der Waals surface area contributed by atoms with Gasteiger partial charge in [0, 0.05) is 51.5 Å². The molecular formula is C23H36N4O2. The lowest BCUT2D eigenvalue weighted by Crippen LogP contribution is -2.41. The Hall–Kier alpha value is -1.89.